The normalized spacial score (nSPS) is 34.5. The first-order valence-corrected chi connectivity index (χ1v) is 13.1. The summed E-state index contributed by atoms with van der Waals surface area (Å²) in [5.74, 6) is -0.661. The van der Waals surface area contributed by atoms with Gasteiger partial charge in [0.2, 0.25) is 0 Å². The number of fused-ring (bicyclic) bond motifs is 1. The van der Waals surface area contributed by atoms with Crippen LogP contribution >= 0.6 is 11.3 Å². The highest BCUT2D eigenvalue weighted by Crippen LogP contribution is 2.33. The highest BCUT2D eigenvalue weighted by Gasteiger charge is 2.40. The molecule has 6 nitrogen and oxygen atoms in total. The number of ether oxygens (including phenoxy) is 1. The molecule has 0 bridgehead atoms. The summed E-state index contributed by atoms with van der Waals surface area (Å²) in [6, 6.07) is 0.740. The van der Waals surface area contributed by atoms with Gasteiger partial charge in [-0.1, -0.05) is 34.1 Å². The predicted molar refractivity (Wildman–Crippen MR) is 132 cm³/mol. The highest BCUT2D eigenvalue weighted by molar-refractivity contribution is 7.09. The van der Waals surface area contributed by atoms with Crippen molar-refractivity contribution >= 4 is 29.2 Å². The van der Waals surface area contributed by atoms with Crippen molar-refractivity contribution in [3.05, 3.63) is 21.7 Å². The number of Topliss-reactive ketones (excluding diaryl/α,β-unsaturated/α-hetero) is 1. The molecule has 0 aliphatic carbocycles. The molecule has 0 unspecified atom stereocenters. The standard InChI is InChI=1S/C26H40N2O4S/c1-15-8-7-9-20-21(28-20)13-22(16(2)12-19-14-33-18(4)27-19)32-23(29)10-11-26(5,6)25(31)17(3)24(15)30/h12,14-15,17,20-22,24,28,30H,7-11,13H2,1-6H3/b16-12+/t15-,17+,20+,21-,22-,24-/m0/s1. The van der Waals surface area contributed by atoms with E-state index < -0.39 is 17.4 Å². The lowest BCUT2D eigenvalue weighted by atomic mass is 9.74. The molecule has 33 heavy (non-hydrogen) atoms. The number of nitrogens with zero attached hydrogens (tertiary/aromatic N) is 1. The van der Waals surface area contributed by atoms with Crippen molar-refractivity contribution in [3.63, 3.8) is 0 Å². The van der Waals surface area contributed by atoms with E-state index in [1.807, 2.05) is 53.0 Å². The Balaban J connectivity index is 1.77. The van der Waals surface area contributed by atoms with Gasteiger partial charge in [0.25, 0.3) is 0 Å². The molecule has 0 saturated carbocycles. The van der Waals surface area contributed by atoms with Gasteiger partial charge in [0.1, 0.15) is 11.9 Å². The van der Waals surface area contributed by atoms with Gasteiger partial charge >= 0.3 is 5.97 Å². The van der Waals surface area contributed by atoms with Crippen LogP contribution in [0.1, 0.15) is 83.8 Å². The summed E-state index contributed by atoms with van der Waals surface area (Å²) in [7, 11) is 0. The van der Waals surface area contributed by atoms with E-state index in [2.05, 4.69) is 10.3 Å². The molecule has 2 saturated heterocycles. The lowest BCUT2D eigenvalue weighted by Crippen LogP contribution is -2.39. The number of aromatic nitrogens is 1. The first-order chi connectivity index (χ1) is 15.5. The zero-order valence-corrected chi connectivity index (χ0v) is 21.7. The minimum absolute atomic E-state index is 0.0113. The number of aliphatic hydroxyl groups excluding tert-OH is 1. The first kappa shape index (κ1) is 26.0. The van der Waals surface area contributed by atoms with Gasteiger partial charge in [0.05, 0.1) is 16.8 Å². The molecule has 0 radical (unpaired) electrons. The maximum atomic E-state index is 13.1. The molecule has 1 aromatic heterocycles. The fraction of sp³-hybridized carbons (Fsp3) is 0.731. The van der Waals surface area contributed by atoms with Crippen molar-refractivity contribution in [1.29, 1.82) is 0 Å². The Kier molecular flexibility index (Phi) is 8.51. The fourth-order valence-electron chi connectivity index (χ4n) is 4.92. The van der Waals surface area contributed by atoms with Crippen molar-refractivity contribution in [1.82, 2.24) is 10.3 Å². The van der Waals surface area contributed by atoms with Crippen LogP contribution in [0.4, 0.5) is 0 Å². The number of aryl methyl sites for hydroxylation is 1. The van der Waals surface area contributed by atoms with Gasteiger partial charge in [-0.25, -0.2) is 4.98 Å². The third kappa shape index (κ3) is 6.96. The van der Waals surface area contributed by atoms with E-state index in [0.29, 0.717) is 18.5 Å². The predicted octanol–water partition coefficient (Wildman–Crippen LogP) is 4.69. The molecule has 1 aromatic rings. The number of carbonyl (C=O) groups is 2. The van der Waals surface area contributed by atoms with Crippen molar-refractivity contribution in [2.24, 2.45) is 17.3 Å². The molecule has 2 aliphatic rings. The highest BCUT2D eigenvalue weighted by atomic mass is 32.1. The average molecular weight is 477 g/mol. The molecule has 0 spiro atoms. The maximum absolute atomic E-state index is 13.1. The summed E-state index contributed by atoms with van der Waals surface area (Å²) in [5, 5.41) is 17.3. The number of rotatable bonds is 2. The Bertz CT molecular complexity index is 877. The number of thiazole rings is 1. The maximum Gasteiger partial charge on any atom is 0.306 e. The SMILES string of the molecule is C/C(=C\c1csc(C)n1)[C@@H]1C[C@@H]2N[C@@H]2CCC[C@H](C)[C@H](O)[C@@H](C)C(=O)C(C)(C)CCC(=O)O1. The smallest absolute Gasteiger partial charge is 0.306 e. The molecule has 6 atom stereocenters. The number of esters is 1. The topological polar surface area (TPSA) is 98.4 Å². The summed E-state index contributed by atoms with van der Waals surface area (Å²) >= 11 is 1.60. The molecule has 2 aliphatic heterocycles. The number of carbonyl (C=O) groups excluding carboxylic acids is 2. The van der Waals surface area contributed by atoms with E-state index >= 15 is 0 Å². The van der Waals surface area contributed by atoms with Gasteiger partial charge in [0.15, 0.2) is 0 Å². The third-order valence-corrected chi connectivity index (χ3v) is 8.16. The second-order valence-electron chi connectivity index (χ2n) is 10.7. The lowest BCUT2D eigenvalue weighted by molar-refractivity contribution is -0.148. The van der Waals surface area contributed by atoms with Crippen molar-refractivity contribution < 1.29 is 19.4 Å². The first-order valence-electron chi connectivity index (χ1n) is 12.3. The van der Waals surface area contributed by atoms with Crippen LogP contribution in [0.2, 0.25) is 0 Å². The van der Waals surface area contributed by atoms with E-state index in [-0.39, 0.29) is 30.2 Å². The molecular formula is C26H40N2O4S. The van der Waals surface area contributed by atoms with Crippen molar-refractivity contribution in [2.75, 3.05) is 0 Å². The molecule has 7 heteroatoms. The number of hydrogen-bond acceptors (Lipinski definition) is 7. The molecule has 3 rings (SSSR count). The van der Waals surface area contributed by atoms with Crippen molar-refractivity contribution in [3.8, 4) is 0 Å². The molecular weight excluding hydrogens is 436 g/mol. The number of cyclic esters (lactones) is 1. The van der Waals surface area contributed by atoms with Crippen LogP contribution in [0.3, 0.4) is 0 Å². The van der Waals surface area contributed by atoms with Gasteiger partial charge in [0, 0.05) is 41.6 Å². The zero-order valence-electron chi connectivity index (χ0n) is 20.9. The quantitative estimate of drug-likeness (QED) is 0.475. The second kappa shape index (κ2) is 10.8. The van der Waals surface area contributed by atoms with E-state index in [9.17, 15) is 14.7 Å². The molecule has 2 N–H and O–H groups in total. The van der Waals surface area contributed by atoms with Gasteiger partial charge < -0.3 is 15.2 Å². The van der Waals surface area contributed by atoms with Crippen LogP contribution in [0.5, 0.6) is 0 Å². The molecule has 184 valence electrons. The molecule has 0 aromatic carbocycles. The van der Waals surface area contributed by atoms with Crippen LogP contribution in [-0.2, 0) is 14.3 Å². The Morgan fingerprint density at radius 1 is 1.27 bits per heavy atom. The minimum atomic E-state index is -0.697. The largest absolute Gasteiger partial charge is 0.458 e. The van der Waals surface area contributed by atoms with Crippen molar-refractivity contribution in [2.45, 2.75) is 104 Å². The van der Waals surface area contributed by atoms with Crippen LogP contribution in [0.15, 0.2) is 11.0 Å². The monoisotopic (exact) mass is 476 g/mol. The van der Waals surface area contributed by atoms with Crippen LogP contribution in [-0.4, -0.2) is 46.1 Å². The van der Waals surface area contributed by atoms with E-state index in [1.54, 1.807) is 11.3 Å². The Morgan fingerprint density at radius 2 is 2.00 bits per heavy atom. The van der Waals surface area contributed by atoms with Gasteiger partial charge in [-0.3, -0.25) is 9.59 Å². The summed E-state index contributed by atoms with van der Waals surface area (Å²) < 4.78 is 5.95. The molecule has 3 heterocycles. The van der Waals surface area contributed by atoms with E-state index in [0.717, 1.165) is 42.0 Å². The Morgan fingerprint density at radius 3 is 2.67 bits per heavy atom. The Hall–Kier alpha value is -1.57. The zero-order chi connectivity index (χ0) is 24.3. The minimum Gasteiger partial charge on any atom is -0.458 e. The van der Waals surface area contributed by atoms with Crippen LogP contribution < -0.4 is 5.32 Å². The van der Waals surface area contributed by atoms with E-state index in [4.69, 9.17) is 4.74 Å². The summed E-state index contributed by atoms with van der Waals surface area (Å²) in [6.45, 7) is 11.6. The third-order valence-electron chi connectivity index (χ3n) is 7.37. The van der Waals surface area contributed by atoms with Gasteiger partial charge in [-0.2, -0.15) is 0 Å². The van der Waals surface area contributed by atoms with Gasteiger partial charge in [-0.15, -0.1) is 11.3 Å². The Labute approximate surface area is 202 Å². The number of aliphatic hydroxyl groups is 1. The van der Waals surface area contributed by atoms with E-state index in [1.165, 1.54) is 0 Å². The summed E-state index contributed by atoms with van der Waals surface area (Å²) in [4.78, 5) is 30.5. The number of ketones is 1. The van der Waals surface area contributed by atoms with Crippen LogP contribution in [0, 0.1) is 24.2 Å². The van der Waals surface area contributed by atoms with Gasteiger partial charge in [-0.05, 0) is 50.7 Å². The number of nitrogens with one attached hydrogen (secondary N) is 1. The average Bonchev–Trinajstić information content (AvgIpc) is 3.37. The lowest BCUT2D eigenvalue weighted by Gasteiger charge is -2.31. The molecule has 2 fully saturated rings. The molecule has 0 amide bonds. The fourth-order valence-corrected chi connectivity index (χ4v) is 5.49. The summed E-state index contributed by atoms with van der Waals surface area (Å²) in [6.07, 6.45) is 5.26. The van der Waals surface area contributed by atoms with Crippen LogP contribution in [0.25, 0.3) is 6.08 Å². The summed E-state index contributed by atoms with van der Waals surface area (Å²) in [5.41, 5.74) is 1.19. The second-order valence-corrected chi connectivity index (χ2v) is 11.8. The number of hydrogen-bond donors (Lipinski definition) is 2.